The van der Waals surface area contributed by atoms with Gasteiger partial charge in [-0.2, -0.15) is 0 Å². The van der Waals surface area contributed by atoms with Crippen molar-refractivity contribution in [2.24, 2.45) is 5.41 Å². The molecule has 0 unspecified atom stereocenters. The van der Waals surface area contributed by atoms with E-state index in [1.165, 1.54) is 9.13 Å². The van der Waals surface area contributed by atoms with E-state index in [2.05, 4.69) is 47.0 Å². The number of halogens is 1. The van der Waals surface area contributed by atoms with Crippen LogP contribution in [-0.2, 0) is 4.74 Å². The lowest BCUT2D eigenvalue weighted by Crippen LogP contribution is -2.50. The number of hydrogen-bond acceptors (Lipinski definition) is 3. The minimum atomic E-state index is -0.0757. The molecule has 0 radical (unpaired) electrons. The maximum Gasteiger partial charge on any atom is 0.0584 e. The Morgan fingerprint density at radius 2 is 2.25 bits per heavy atom. The second-order valence-electron chi connectivity index (χ2n) is 4.42. The summed E-state index contributed by atoms with van der Waals surface area (Å²) in [6, 6.07) is 6.21. The molecule has 1 heterocycles. The Hall–Kier alpha value is -0.330. The van der Waals surface area contributed by atoms with E-state index in [0.29, 0.717) is 13.2 Å². The number of aliphatic hydroxyl groups excluding tert-OH is 1. The summed E-state index contributed by atoms with van der Waals surface area (Å²) in [6.07, 6.45) is 0. The van der Waals surface area contributed by atoms with Crippen molar-refractivity contribution in [3.05, 3.63) is 27.3 Å². The summed E-state index contributed by atoms with van der Waals surface area (Å²) >= 11 is 2.33. The molecule has 16 heavy (non-hydrogen) atoms. The lowest BCUT2D eigenvalue weighted by molar-refractivity contribution is -0.128. The molecule has 0 atom stereocenters. The minimum Gasteiger partial charge on any atom is -0.396 e. The minimum absolute atomic E-state index is 0.0757. The van der Waals surface area contributed by atoms with Gasteiger partial charge >= 0.3 is 0 Å². The summed E-state index contributed by atoms with van der Waals surface area (Å²) in [4.78, 5) is 0. The van der Waals surface area contributed by atoms with Gasteiger partial charge < -0.3 is 15.2 Å². The number of benzene rings is 1. The van der Waals surface area contributed by atoms with Gasteiger partial charge in [-0.3, -0.25) is 0 Å². The van der Waals surface area contributed by atoms with Crippen LogP contribution < -0.4 is 5.32 Å². The molecule has 1 aliphatic rings. The van der Waals surface area contributed by atoms with Gasteiger partial charge in [-0.25, -0.2) is 0 Å². The van der Waals surface area contributed by atoms with Gasteiger partial charge in [0.05, 0.1) is 25.2 Å². The van der Waals surface area contributed by atoms with Crippen molar-refractivity contribution in [2.45, 2.75) is 6.92 Å². The third-order valence-electron chi connectivity index (χ3n) is 3.07. The summed E-state index contributed by atoms with van der Waals surface area (Å²) < 4.78 is 6.43. The van der Waals surface area contributed by atoms with Crippen molar-refractivity contribution in [2.75, 3.05) is 31.7 Å². The van der Waals surface area contributed by atoms with E-state index in [9.17, 15) is 5.11 Å². The van der Waals surface area contributed by atoms with E-state index < -0.39 is 0 Å². The zero-order valence-corrected chi connectivity index (χ0v) is 11.5. The van der Waals surface area contributed by atoms with Gasteiger partial charge in [0.25, 0.3) is 0 Å². The van der Waals surface area contributed by atoms with Crippen LogP contribution in [0.25, 0.3) is 0 Å². The molecule has 0 aromatic heterocycles. The summed E-state index contributed by atoms with van der Waals surface area (Å²) in [6.45, 7) is 4.36. The molecule has 4 heteroatoms. The standard InChI is InChI=1S/C12H16INO2/c1-9-10(13)3-2-4-11(9)14-5-12(6-15)7-16-8-12/h2-4,14-15H,5-8H2,1H3. The molecule has 88 valence electrons. The fourth-order valence-corrected chi connectivity index (χ4v) is 2.22. The van der Waals surface area contributed by atoms with E-state index in [-0.39, 0.29) is 12.0 Å². The first-order valence-corrected chi connectivity index (χ1v) is 6.42. The third-order valence-corrected chi connectivity index (χ3v) is 4.24. The molecule has 2 rings (SSSR count). The second-order valence-corrected chi connectivity index (χ2v) is 5.58. The molecular formula is C12H16INO2. The van der Waals surface area contributed by atoms with Crippen molar-refractivity contribution >= 4 is 28.3 Å². The van der Waals surface area contributed by atoms with Crippen LogP contribution in [0.3, 0.4) is 0 Å². The van der Waals surface area contributed by atoms with E-state index in [4.69, 9.17) is 4.74 Å². The fraction of sp³-hybridized carbons (Fsp3) is 0.500. The first kappa shape index (κ1) is 12.1. The normalized spacial score (nSPS) is 17.9. The Labute approximate surface area is 109 Å². The predicted octanol–water partition coefficient (Wildman–Crippen LogP) is 2.02. The molecule has 3 nitrogen and oxygen atoms in total. The van der Waals surface area contributed by atoms with Gasteiger partial charge in [0.15, 0.2) is 0 Å². The van der Waals surface area contributed by atoms with Gasteiger partial charge in [0, 0.05) is 15.8 Å². The SMILES string of the molecule is Cc1c(I)cccc1NCC1(CO)COC1. The first-order valence-electron chi connectivity index (χ1n) is 5.34. The van der Waals surface area contributed by atoms with Crippen LogP contribution in [0.1, 0.15) is 5.56 Å². The first-order chi connectivity index (χ1) is 7.67. The maximum absolute atomic E-state index is 9.32. The summed E-state index contributed by atoms with van der Waals surface area (Å²) in [5.41, 5.74) is 2.33. The largest absolute Gasteiger partial charge is 0.396 e. The van der Waals surface area contributed by atoms with Gasteiger partial charge in [-0.05, 0) is 47.2 Å². The Bertz CT molecular complexity index is 372. The Balaban J connectivity index is 2.02. The molecule has 0 amide bonds. The Kier molecular flexibility index (Phi) is 3.71. The zero-order chi connectivity index (χ0) is 11.6. The Morgan fingerprint density at radius 3 is 2.81 bits per heavy atom. The molecular weight excluding hydrogens is 317 g/mol. The van der Waals surface area contributed by atoms with Crippen LogP contribution in [0.5, 0.6) is 0 Å². The molecule has 1 aromatic rings. The monoisotopic (exact) mass is 333 g/mol. The summed E-state index contributed by atoms with van der Waals surface area (Å²) in [7, 11) is 0. The van der Waals surface area contributed by atoms with Crippen molar-refractivity contribution < 1.29 is 9.84 Å². The quantitative estimate of drug-likeness (QED) is 0.829. The number of rotatable bonds is 4. The average molecular weight is 333 g/mol. The smallest absolute Gasteiger partial charge is 0.0584 e. The van der Waals surface area contributed by atoms with E-state index in [1.54, 1.807) is 0 Å². The maximum atomic E-state index is 9.32. The van der Waals surface area contributed by atoms with E-state index in [0.717, 1.165) is 12.2 Å². The van der Waals surface area contributed by atoms with Crippen molar-refractivity contribution in [1.29, 1.82) is 0 Å². The fourth-order valence-electron chi connectivity index (χ4n) is 1.72. The lowest BCUT2D eigenvalue weighted by atomic mass is 9.87. The summed E-state index contributed by atoms with van der Waals surface area (Å²) in [5.74, 6) is 0. The number of aliphatic hydroxyl groups is 1. The van der Waals surface area contributed by atoms with Crippen molar-refractivity contribution in [3.8, 4) is 0 Å². The van der Waals surface area contributed by atoms with Gasteiger partial charge in [0.1, 0.15) is 0 Å². The van der Waals surface area contributed by atoms with Crippen molar-refractivity contribution in [3.63, 3.8) is 0 Å². The van der Waals surface area contributed by atoms with E-state index in [1.807, 2.05) is 6.07 Å². The highest BCUT2D eigenvalue weighted by Crippen LogP contribution is 2.28. The third kappa shape index (κ3) is 2.33. The molecule has 0 aliphatic carbocycles. The highest BCUT2D eigenvalue weighted by atomic mass is 127. The van der Waals surface area contributed by atoms with Crippen LogP contribution in [-0.4, -0.2) is 31.5 Å². The van der Waals surface area contributed by atoms with Crippen LogP contribution in [0.4, 0.5) is 5.69 Å². The molecule has 1 aromatic carbocycles. The summed E-state index contributed by atoms with van der Waals surface area (Å²) in [5, 5.41) is 12.7. The van der Waals surface area contributed by atoms with Gasteiger partial charge in [-0.15, -0.1) is 0 Å². The second kappa shape index (κ2) is 4.89. The predicted molar refractivity (Wildman–Crippen MR) is 72.7 cm³/mol. The van der Waals surface area contributed by atoms with Crippen LogP contribution in [0, 0.1) is 15.9 Å². The Morgan fingerprint density at radius 1 is 1.50 bits per heavy atom. The number of anilines is 1. The highest BCUT2D eigenvalue weighted by Gasteiger charge is 2.37. The number of ether oxygens (including phenoxy) is 1. The topological polar surface area (TPSA) is 41.5 Å². The van der Waals surface area contributed by atoms with Gasteiger partial charge in [0.2, 0.25) is 0 Å². The molecule has 0 saturated carbocycles. The average Bonchev–Trinajstić information content (AvgIpc) is 2.23. The number of hydrogen-bond donors (Lipinski definition) is 2. The molecule has 0 spiro atoms. The van der Waals surface area contributed by atoms with Gasteiger partial charge in [-0.1, -0.05) is 6.07 Å². The molecule has 1 aliphatic heterocycles. The van der Waals surface area contributed by atoms with Crippen molar-refractivity contribution in [1.82, 2.24) is 0 Å². The lowest BCUT2D eigenvalue weighted by Gasteiger charge is -2.40. The zero-order valence-electron chi connectivity index (χ0n) is 9.29. The molecule has 1 saturated heterocycles. The van der Waals surface area contributed by atoms with E-state index >= 15 is 0 Å². The number of nitrogens with one attached hydrogen (secondary N) is 1. The van der Waals surface area contributed by atoms with Crippen LogP contribution >= 0.6 is 22.6 Å². The highest BCUT2D eigenvalue weighted by molar-refractivity contribution is 14.1. The van der Waals surface area contributed by atoms with Crippen LogP contribution in [0.2, 0.25) is 0 Å². The molecule has 0 bridgehead atoms. The molecule has 2 N–H and O–H groups in total. The molecule has 1 fully saturated rings. The van der Waals surface area contributed by atoms with Crippen LogP contribution in [0.15, 0.2) is 18.2 Å².